The van der Waals surface area contributed by atoms with E-state index >= 15 is 0 Å². The van der Waals surface area contributed by atoms with Crippen LogP contribution in [0.25, 0.3) is 0 Å². The second-order valence-electron chi connectivity index (χ2n) is 6.93. The predicted molar refractivity (Wildman–Crippen MR) is 84.4 cm³/mol. The third kappa shape index (κ3) is 3.73. The number of nitrogens with one attached hydrogen (secondary N) is 1. The van der Waals surface area contributed by atoms with Crippen molar-refractivity contribution in [3.05, 3.63) is 27.9 Å². The van der Waals surface area contributed by atoms with Gasteiger partial charge in [0.05, 0.1) is 0 Å². The second-order valence-corrected chi connectivity index (χ2v) is 6.93. The second kappa shape index (κ2) is 6.30. The molecule has 118 valence electrons. The molecule has 0 aromatic carbocycles. The predicted octanol–water partition coefficient (Wildman–Crippen LogP) is 3.55. The number of aryl methyl sites for hydroxylation is 1. The molecule has 0 radical (unpaired) electrons. The number of ether oxygens (including phenoxy) is 1. The van der Waals surface area contributed by atoms with Crippen LogP contribution in [0.4, 0.5) is 0 Å². The summed E-state index contributed by atoms with van der Waals surface area (Å²) in [6.07, 6.45) is 5.86. The Morgan fingerprint density at radius 2 is 1.90 bits per heavy atom. The van der Waals surface area contributed by atoms with Gasteiger partial charge in [0.1, 0.15) is 11.4 Å². The van der Waals surface area contributed by atoms with Crippen LogP contribution in [-0.4, -0.2) is 16.6 Å². The fourth-order valence-corrected chi connectivity index (χ4v) is 3.16. The van der Waals surface area contributed by atoms with Gasteiger partial charge in [-0.25, -0.2) is 4.98 Å². The highest BCUT2D eigenvalue weighted by atomic mass is 16.5. The van der Waals surface area contributed by atoms with Crippen molar-refractivity contribution in [2.75, 3.05) is 6.61 Å². The van der Waals surface area contributed by atoms with E-state index in [4.69, 9.17) is 9.72 Å². The quantitative estimate of drug-likeness (QED) is 0.903. The number of H-pyrrole nitrogens is 1. The zero-order chi connectivity index (χ0) is 15.5. The first-order valence-electron chi connectivity index (χ1n) is 8.15. The van der Waals surface area contributed by atoms with Gasteiger partial charge in [0.25, 0.3) is 5.56 Å². The summed E-state index contributed by atoms with van der Waals surface area (Å²) in [5.41, 5.74) is 0.752. The van der Waals surface area contributed by atoms with Crippen LogP contribution in [0.1, 0.15) is 71.3 Å². The molecule has 1 aromatic rings. The van der Waals surface area contributed by atoms with Gasteiger partial charge in [0, 0.05) is 18.4 Å². The van der Waals surface area contributed by atoms with E-state index in [2.05, 4.69) is 25.8 Å². The molecule has 1 aliphatic carbocycles. The lowest BCUT2D eigenvalue weighted by Crippen LogP contribution is -2.40. The molecule has 1 aliphatic rings. The molecule has 2 rings (SSSR count). The van der Waals surface area contributed by atoms with Crippen LogP contribution in [0.2, 0.25) is 0 Å². The summed E-state index contributed by atoms with van der Waals surface area (Å²) in [6.45, 7) is 9.35. The molecule has 0 amide bonds. The summed E-state index contributed by atoms with van der Waals surface area (Å²) in [6, 6.07) is 1.61. The van der Waals surface area contributed by atoms with Gasteiger partial charge in [0.15, 0.2) is 0 Å². The number of hydrogen-bond donors (Lipinski definition) is 1. The van der Waals surface area contributed by atoms with Crippen molar-refractivity contribution in [3.63, 3.8) is 0 Å². The van der Waals surface area contributed by atoms with Crippen molar-refractivity contribution < 1.29 is 4.74 Å². The molecule has 0 bridgehead atoms. The van der Waals surface area contributed by atoms with Crippen LogP contribution in [-0.2, 0) is 16.8 Å². The summed E-state index contributed by atoms with van der Waals surface area (Å²) >= 11 is 0. The Balaban J connectivity index is 2.36. The molecule has 4 nitrogen and oxygen atoms in total. The summed E-state index contributed by atoms with van der Waals surface area (Å²) in [5.74, 6) is 0.732. The lowest BCUT2D eigenvalue weighted by molar-refractivity contribution is -0.0950. The highest BCUT2D eigenvalue weighted by Gasteiger charge is 2.42. The zero-order valence-corrected chi connectivity index (χ0v) is 13.8. The molecular weight excluding hydrogens is 264 g/mol. The van der Waals surface area contributed by atoms with Crippen molar-refractivity contribution in [2.24, 2.45) is 5.41 Å². The minimum absolute atomic E-state index is 0.0626. The lowest BCUT2D eigenvalue weighted by Gasteiger charge is -2.42. The number of rotatable bonds is 5. The van der Waals surface area contributed by atoms with Crippen LogP contribution in [0.5, 0.6) is 0 Å². The molecule has 1 heterocycles. The SMILES string of the molecule is CCCc1cc(=O)[nH]c(C2(OCC)CCC(C)(C)CC2)n1. The molecule has 21 heavy (non-hydrogen) atoms. The molecule has 0 unspecified atom stereocenters. The Bertz CT molecular complexity index is 524. The smallest absolute Gasteiger partial charge is 0.251 e. The fraction of sp³-hybridized carbons (Fsp3) is 0.765. The van der Waals surface area contributed by atoms with Crippen LogP contribution in [0.15, 0.2) is 10.9 Å². The number of nitrogens with zero attached hydrogens (tertiary/aromatic N) is 1. The first kappa shape index (κ1) is 16.2. The first-order chi connectivity index (χ1) is 9.91. The van der Waals surface area contributed by atoms with E-state index in [1.165, 1.54) is 0 Å². The molecule has 1 saturated carbocycles. The number of aromatic amines is 1. The van der Waals surface area contributed by atoms with E-state index in [1.54, 1.807) is 6.07 Å². The van der Waals surface area contributed by atoms with E-state index in [-0.39, 0.29) is 5.56 Å². The van der Waals surface area contributed by atoms with Crippen LogP contribution >= 0.6 is 0 Å². The van der Waals surface area contributed by atoms with E-state index < -0.39 is 5.60 Å². The largest absolute Gasteiger partial charge is 0.367 e. The van der Waals surface area contributed by atoms with Crippen molar-refractivity contribution in [2.45, 2.75) is 71.8 Å². The average molecular weight is 292 g/mol. The normalized spacial score (nSPS) is 20.4. The van der Waals surface area contributed by atoms with E-state index in [0.29, 0.717) is 12.0 Å². The van der Waals surface area contributed by atoms with Crippen molar-refractivity contribution in [1.29, 1.82) is 0 Å². The molecule has 1 N–H and O–H groups in total. The van der Waals surface area contributed by atoms with Crippen LogP contribution in [0, 0.1) is 5.41 Å². The van der Waals surface area contributed by atoms with Gasteiger partial charge in [-0.15, -0.1) is 0 Å². The fourth-order valence-electron chi connectivity index (χ4n) is 3.16. The Kier molecular flexibility index (Phi) is 4.87. The van der Waals surface area contributed by atoms with Crippen molar-refractivity contribution >= 4 is 0 Å². The van der Waals surface area contributed by atoms with Gasteiger partial charge in [-0.1, -0.05) is 27.2 Å². The Morgan fingerprint density at radius 1 is 1.24 bits per heavy atom. The highest BCUT2D eigenvalue weighted by Crippen LogP contribution is 2.46. The third-order valence-electron chi connectivity index (χ3n) is 4.56. The van der Waals surface area contributed by atoms with Gasteiger partial charge in [-0.2, -0.15) is 0 Å². The summed E-state index contributed by atoms with van der Waals surface area (Å²) in [4.78, 5) is 19.6. The monoisotopic (exact) mass is 292 g/mol. The van der Waals surface area contributed by atoms with Gasteiger partial charge < -0.3 is 9.72 Å². The maximum Gasteiger partial charge on any atom is 0.251 e. The zero-order valence-electron chi connectivity index (χ0n) is 13.8. The summed E-state index contributed by atoms with van der Waals surface area (Å²) in [5, 5.41) is 0. The van der Waals surface area contributed by atoms with Gasteiger partial charge >= 0.3 is 0 Å². The highest BCUT2D eigenvalue weighted by molar-refractivity contribution is 5.11. The van der Waals surface area contributed by atoms with E-state index in [9.17, 15) is 4.79 Å². The van der Waals surface area contributed by atoms with E-state index in [1.807, 2.05) is 6.92 Å². The Morgan fingerprint density at radius 3 is 2.48 bits per heavy atom. The first-order valence-corrected chi connectivity index (χ1v) is 8.15. The summed E-state index contributed by atoms with van der Waals surface area (Å²) in [7, 11) is 0. The number of aromatic nitrogens is 2. The molecule has 0 atom stereocenters. The molecule has 0 saturated heterocycles. The van der Waals surface area contributed by atoms with Gasteiger partial charge in [0.2, 0.25) is 0 Å². The van der Waals surface area contributed by atoms with Crippen molar-refractivity contribution in [1.82, 2.24) is 9.97 Å². The van der Waals surface area contributed by atoms with Gasteiger partial charge in [-0.05, 0) is 44.4 Å². The van der Waals surface area contributed by atoms with Crippen LogP contribution < -0.4 is 5.56 Å². The molecule has 0 aliphatic heterocycles. The standard InChI is InChI=1S/C17H28N2O2/c1-5-7-13-12-14(20)19-15(18-13)17(21-6-2)10-8-16(3,4)9-11-17/h12H,5-11H2,1-4H3,(H,18,19,20). The molecule has 0 spiro atoms. The van der Waals surface area contributed by atoms with Crippen molar-refractivity contribution in [3.8, 4) is 0 Å². The third-order valence-corrected chi connectivity index (χ3v) is 4.56. The van der Waals surface area contributed by atoms with E-state index in [0.717, 1.165) is 50.0 Å². The number of hydrogen-bond acceptors (Lipinski definition) is 3. The maximum atomic E-state index is 12.0. The minimum Gasteiger partial charge on any atom is -0.367 e. The molecular formula is C17H28N2O2. The molecule has 1 aromatic heterocycles. The molecule has 1 fully saturated rings. The van der Waals surface area contributed by atoms with Gasteiger partial charge in [-0.3, -0.25) is 4.79 Å². The van der Waals surface area contributed by atoms with Crippen LogP contribution in [0.3, 0.4) is 0 Å². The Labute approximate surface area is 127 Å². The minimum atomic E-state index is -0.410. The Hall–Kier alpha value is -1.16. The topological polar surface area (TPSA) is 55.0 Å². The molecule has 4 heteroatoms. The lowest BCUT2D eigenvalue weighted by atomic mass is 9.70. The summed E-state index contributed by atoms with van der Waals surface area (Å²) < 4.78 is 6.11. The average Bonchev–Trinajstić information content (AvgIpc) is 2.41. The maximum absolute atomic E-state index is 12.0.